The fraction of sp³-hybridized carbons (Fsp3) is 0.562. The highest BCUT2D eigenvalue weighted by Crippen LogP contribution is 2.17. The minimum absolute atomic E-state index is 0. The predicted molar refractivity (Wildman–Crippen MR) is 87.2 cm³/mol. The van der Waals surface area contributed by atoms with Crippen LogP contribution in [-0.4, -0.2) is 31.1 Å². The van der Waals surface area contributed by atoms with Crippen LogP contribution in [0.3, 0.4) is 0 Å². The van der Waals surface area contributed by atoms with Gasteiger partial charge in [0.1, 0.15) is 11.9 Å². The van der Waals surface area contributed by atoms with Crippen LogP contribution in [0.1, 0.15) is 31.7 Å². The van der Waals surface area contributed by atoms with E-state index in [1.54, 1.807) is 0 Å². The van der Waals surface area contributed by atoms with Crippen molar-refractivity contribution in [2.75, 3.05) is 13.1 Å². The molecule has 0 saturated carbocycles. The minimum Gasteiger partial charge on any atom is -0.489 e. The molecule has 0 aliphatic carbocycles. The van der Waals surface area contributed by atoms with E-state index in [2.05, 4.69) is 10.6 Å². The van der Waals surface area contributed by atoms with Gasteiger partial charge in [0.15, 0.2) is 0 Å². The summed E-state index contributed by atoms with van der Waals surface area (Å²) < 4.78 is 5.85. The van der Waals surface area contributed by atoms with Crippen molar-refractivity contribution < 1.29 is 9.53 Å². The molecule has 1 amide bonds. The maximum absolute atomic E-state index is 12.0. The summed E-state index contributed by atoms with van der Waals surface area (Å²) in [5.74, 6) is 0.968. The molecule has 1 fully saturated rings. The SMILES string of the molecule is Cc1ccccc1OC(C)CNC(=O)C1CCCCN1.Cl. The molecule has 2 rings (SSSR count). The van der Waals surface area contributed by atoms with E-state index in [-0.39, 0.29) is 30.5 Å². The minimum atomic E-state index is -0.0383. The molecule has 1 aromatic rings. The molecule has 2 atom stereocenters. The average Bonchev–Trinajstić information content (AvgIpc) is 2.48. The molecule has 2 unspecified atom stereocenters. The maximum atomic E-state index is 12.0. The number of aryl methyl sites for hydroxylation is 1. The van der Waals surface area contributed by atoms with Gasteiger partial charge in [-0.05, 0) is 44.9 Å². The quantitative estimate of drug-likeness (QED) is 0.878. The van der Waals surface area contributed by atoms with E-state index in [9.17, 15) is 4.79 Å². The Hall–Kier alpha value is -1.26. The molecular formula is C16H25ClN2O2. The molecule has 0 spiro atoms. The first-order valence-corrected chi connectivity index (χ1v) is 7.40. The number of halogens is 1. The van der Waals surface area contributed by atoms with Crippen LogP contribution in [0.4, 0.5) is 0 Å². The number of amides is 1. The average molecular weight is 313 g/mol. The molecule has 118 valence electrons. The lowest BCUT2D eigenvalue weighted by molar-refractivity contribution is -0.124. The van der Waals surface area contributed by atoms with Crippen molar-refractivity contribution in [2.24, 2.45) is 0 Å². The highest BCUT2D eigenvalue weighted by molar-refractivity contribution is 5.85. The lowest BCUT2D eigenvalue weighted by Crippen LogP contribution is -2.48. The standard InChI is InChI=1S/C16H24N2O2.ClH/c1-12-7-3-4-9-15(12)20-13(2)11-18-16(19)14-8-5-6-10-17-14;/h3-4,7,9,13-14,17H,5-6,8,10-11H2,1-2H3,(H,18,19);1H. The van der Waals surface area contributed by atoms with Gasteiger partial charge < -0.3 is 15.4 Å². The van der Waals surface area contributed by atoms with Crippen LogP contribution < -0.4 is 15.4 Å². The smallest absolute Gasteiger partial charge is 0.237 e. The fourth-order valence-corrected chi connectivity index (χ4v) is 2.39. The number of hydrogen-bond acceptors (Lipinski definition) is 3. The van der Waals surface area contributed by atoms with E-state index in [0.29, 0.717) is 6.54 Å². The Bertz CT molecular complexity index is 448. The first-order chi connectivity index (χ1) is 9.66. The van der Waals surface area contributed by atoms with E-state index in [1.165, 1.54) is 0 Å². The maximum Gasteiger partial charge on any atom is 0.237 e. The molecule has 5 heteroatoms. The molecule has 1 aliphatic rings. The molecule has 4 nitrogen and oxygen atoms in total. The van der Waals surface area contributed by atoms with Gasteiger partial charge in [-0.1, -0.05) is 24.6 Å². The Morgan fingerprint density at radius 3 is 2.86 bits per heavy atom. The number of nitrogens with one attached hydrogen (secondary N) is 2. The highest BCUT2D eigenvalue weighted by Gasteiger charge is 2.20. The Kier molecular flexibility index (Phi) is 7.54. The van der Waals surface area contributed by atoms with Crippen LogP contribution in [-0.2, 0) is 4.79 Å². The van der Waals surface area contributed by atoms with Crippen LogP contribution in [0.25, 0.3) is 0 Å². The number of carbonyl (C=O) groups is 1. The zero-order valence-electron chi connectivity index (χ0n) is 12.7. The summed E-state index contributed by atoms with van der Waals surface area (Å²) in [7, 11) is 0. The monoisotopic (exact) mass is 312 g/mol. The van der Waals surface area contributed by atoms with Crippen molar-refractivity contribution in [3.63, 3.8) is 0 Å². The van der Waals surface area contributed by atoms with Gasteiger partial charge in [-0.15, -0.1) is 12.4 Å². The third-order valence-electron chi connectivity index (χ3n) is 3.61. The Labute approximate surface area is 133 Å². The topological polar surface area (TPSA) is 50.4 Å². The summed E-state index contributed by atoms with van der Waals surface area (Å²) in [5, 5.41) is 6.21. The first-order valence-electron chi connectivity index (χ1n) is 7.40. The zero-order valence-corrected chi connectivity index (χ0v) is 13.5. The van der Waals surface area contributed by atoms with E-state index >= 15 is 0 Å². The largest absolute Gasteiger partial charge is 0.489 e. The molecule has 1 aromatic carbocycles. The summed E-state index contributed by atoms with van der Waals surface area (Å²) in [6.45, 7) is 5.46. The van der Waals surface area contributed by atoms with Crippen LogP contribution in [0.15, 0.2) is 24.3 Å². The third-order valence-corrected chi connectivity index (χ3v) is 3.61. The van der Waals surface area contributed by atoms with E-state index in [1.807, 2.05) is 38.1 Å². The summed E-state index contributed by atoms with van der Waals surface area (Å²) in [6.07, 6.45) is 3.18. The molecule has 1 aliphatic heterocycles. The zero-order chi connectivity index (χ0) is 14.4. The molecule has 0 radical (unpaired) electrons. The summed E-state index contributed by atoms with van der Waals surface area (Å²) >= 11 is 0. The normalized spacial score (nSPS) is 19.2. The van der Waals surface area contributed by atoms with Gasteiger partial charge in [-0.25, -0.2) is 0 Å². The first kappa shape index (κ1) is 17.8. The second kappa shape index (κ2) is 8.90. The van der Waals surface area contributed by atoms with Gasteiger partial charge >= 0.3 is 0 Å². The van der Waals surface area contributed by atoms with Crippen LogP contribution in [0, 0.1) is 6.92 Å². The second-order valence-corrected chi connectivity index (χ2v) is 5.44. The lowest BCUT2D eigenvalue weighted by atomic mass is 10.0. The van der Waals surface area contributed by atoms with Crippen molar-refractivity contribution in [3.05, 3.63) is 29.8 Å². The molecular weight excluding hydrogens is 288 g/mol. The summed E-state index contributed by atoms with van der Waals surface area (Å²) in [4.78, 5) is 12.0. The number of hydrogen-bond donors (Lipinski definition) is 2. The van der Waals surface area contributed by atoms with Crippen LogP contribution in [0.2, 0.25) is 0 Å². The van der Waals surface area contributed by atoms with E-state index in [0.717, 1.165) is 37.1 Å². The van der Waals surface area contributed by atoms with Crippen LogP contribution in [0.5, 0.6) is 5.75 Å². The van der Waals surface area contributed by atoms with Gasteiger partial charge in [0, 0.05) is 0 Å². The van der Waals surface area contributed by atoms with Gasteiger partial charge in [0.2, 0.25) is 5.91 Å². The predicted octanol–water partition coefficient (Wildman–Crippen LogP) is 2.44. The number of benzene rings is 1. The molecule has 21 heavy (non-hydrogen) atoms. The molecule has 1 heterocycles. The fourth-order valence-electron chi connectivity index (χ4n) is 2.39. The highest BCUT2D eigenvalue weighted by atomic mass is 35.5. The van der Waals surface area contributed by atoms with Crippen molar-refractivity contribution in [3.8, 4) is 5.75 Å². The number of para-hydroxylation sites is 1. The van der Waals surface area contributed by atoms with Gasteiger partial charge in [-0.2, -0.15) is 0 Å². The van der Waals surface area contributed by atoms with Crippen molar-refractivity contribution in [1.82, 2.24) is 10.6 Å². The lowest BCUT2D eigenvalue weighted by Gasteiger charge is -2.23. The second-order valence-electron chi connectivity index (χ2n) is 5.44. The summed E-state index contributed by atoms with van der Waals surface area (Å²) in [6, 6.07) is 7.89. The van der Waals surface area contributed by atoms with Crippen molar-refractivity contribution >= 4 is 18.3 Å². The van der Waals surface area contributed by atoms with Gasteiger partial charge in [0.25, 0.3) is 0 Å². The van der Waals surface area contributed by atoms with Gasteiger partial charge in [-0.3, -0.25) is 4.79 Å². The van der Waals surface area contributed by atoms with Crippen molar-refractivity contribution in [2.45, 2.75) is 45.3 Å². The van der Waals surface area contributed by atoms with Crippen LogP contribution >= 0.6 is 12.4 Å². The van der Waals surface area contributed by atoms with Crippen molar-refractivity contribution in [1.29, 1.82) is 0 Å². The molecule has 1 saturated heterocycles. The Morgan fingerprint density at radius 1 is 1.43 bits per heavy atom. The number of rotatable bonds is 5. The van der Waals surface area contributed by atoms with E-state index in [4.69, 9.17) is 4.74 Å². The third kappa shape index (κ3) is 5.56. The molecule has 0 bridgehead atoms. The van der Waals surface area contributed by atoms with E-state index < -0.39 is 0 Å². The van der Waals surface area contributed by atoms with Gasteiger partial charge in [0.05, 0.1) is 12.6 Å². The summed E-state index contributed by atoms with van der Waals surface area (Å²) in [5.41, 5.74) is 1.11. The molecule has 2 N–H and O–H groups in total. The Morgan fingerprint density at radius 2 is 2.19 bits per heavy atom. The number of ether oxygens (including phenoxy) is 1. The molecule has 0 aromatic heterocycles. The number of piperidine rings is 1. The Balaban J connectivity index is 0.00000220. The number of carbonyl (C=O) groups excluding carboxylic acids is 1.